The van der Waals surface area contributed by atoms with Crippen LogP contribution >= 0.6 is 0 Å². The van der Waals surface area contributed by atoms with Crippen LogP contribution in [0, 0.1) is 5.92 Å². The topological polar surface area (TPSA) is 99.2 Å². The Morgan fingerprint density at radius 3 is 3.12 bits per heavy atom. The van der Waals surface area contributed by atoms with Gasteiger partial charge in [-0.15, -0.1) is 10.2 Å². The molecule has 7 heteroatoms. The monoisotopic (exact) mass is 224 g/mol. The molecule has 2 rings (SSSR count). The zero-order valence-corrected chi connectivity index (χ0v) is 8.59. The molecule has 0 spiro atoms. The summed E-state index contributed by atoms with van der Waals surface area (Å²) >= 11 is 0. The van der Waals surface area contributed by atoms with Gasteiger partial charge in [-0.05, 0) is 12.8 Å². The van der Waals surface area contributed by atoms with Gasteiger partial charge in [0.2, 0.25) is 5.95 Å². The average Bonchev–Trinajstić information content (AvgIpc) is 2.29. The second-order valence-corrected chi connectivity index (χ2v) is 3.78. The number of anilines is 1. The highest BCUT2D eigenvalue weighted by molar-refractivity contribution is 5.71. The summed E-state index contributed by atoms with van der Waals surface area (Å²) in [5, 5.41) is 16.3. The fourth-order valence-electron chi connectivity index (χ4n) is 1.82. The molecule has 0 aromatic carbocycles. The van der Waals surface area contributed by atoms with Gasteiger partial charge < -0.3 is 10.0 Å². The smallest absolute Gasteiger partial charge is 0.308 e. The molecular weight excluding hydrogens is 212 g/mol. The lowest BCUT2D eigenvalue weighted by atomic mass is 9.99. The quantitative estimate of drug-likeness (QED) is 0.700. The molecule has 0 aliphatic carbocycles. The Morgan fingerprint density at radius 1 is 1.62 bits per heavy atom. The van der Waals surface area contributed by atoms with Crippen molar-refractivity contribution >= 4 is 11.9 Å². The van der Waals surface area contributed by atoms with E-state index in [-0.39, 0.29) is 5.56 Å². The van der Waals surface area contributed by atoms with E-state index < -0.39 is 11.9 Å². The van der Waals surface area contributed by atoms with Gasteiger partial charge in [0.05, 0.1) is 5.92 Å². The third-order valence-electron chi connectivity index (χ3n) is 2.63. The van der Waals surface area contributed by atoms with Gasteiger partial charge in [-0.2, -0.15) is 0 Å². The summed E-state index contributed by atoms with van der Waals surface area (Å²) in [6, 6.07) is 0. The number of piperidine rings is 1. The predicted octanol–water partition coefficient (Wildman–Crippen LogP) is -0.534. The first kappa shape index (κ1) is 10.6. The molecule has 1 aromatic heterocycles. The van der Waals surface area contributed by atoms with Crippen LogP contribution in [0.25, 0.3) is 0 Å². The van der Waals surface area contributed by atoms with Crippen LogP contribution in [0.15, 0.2) is 11.0 Å². The van der Waals surface area contributed by atoms with Crippen molar-refractivity contribution in [1.29, 1.82) is 0 Å². The lowest BCUT2D eigenvalue weighted by molar-refractivity contribution is -0.141. The molecule has 0 radical (unpaired) electrons. The van der Waals surface area contributed by atoms with Crippen molar-refractivity contribution in [2.75, 3.05) is 18.0 Å². The summed E-state index contributed by atoms with van der Waals surface area (Å²) in [7, 11) is 0. The first-order chi connectivity index (χ1) is 7.66. The van der Waals surface area contributed by atoms with Crippen LogP contribution in [-0.4, -0.2) is 39.3 Å². The van der Waals surface area contributed by atoms with Crippen molar-refractivity contribution in [3.63, 3.8) is 0 Å². The van der Waals surface area contributed by atoms with E-state index in [1.165, 1.54) is 0 Å². The molecule has 1 unspecified atom stereocenters. The lowest BCUT2D eigenvalue weighted by Crippen LogP contribution is -2.40. The highest BCUT2D eigenvalue weighted by Gasteiger charge is 2.26. The molecule has 1 atom stereocenters. The average molecular weight is 224 g/mol. The molecule has 16 heavy (non-hydrogen) atoms. The van der Waals surface area contributed by atoms with Gasteiger partial charge in [0, 0.05) is 13.1 Å². The molecule has 1 aromatic rings. The summed E-state index contributed by atoms with van der Waals surface area (Å²) in [5.41, 5.74) is -0.331. The minimum absolute atomic E-state index is 0.331. The largest absolute Gasteiger partial charge is 0.481 e. The van der Waals surface area contributed by atoms with E-state index in [0.717, 1.165) is 12.6 Å². The number of carboxylic acid groups (broad SMARTS) is 1. The first-order valence-electron chi connectivity index (χ1n) is 5.06. The van der Waals surface area contributed by atoms with Crippen LogP contribution in [0.1, 0.15) is 12.8 Å². The Hall–Kier alpha value is -1.92. The van der Waals surface area contributed by atoms with Crippen molar-refractivity contribution in [3.8, 4) is 0 Å². The highest BCUT2D eigenvalue weighted by Crippen LogP contribution is 2.19. The van der Waals surface area contributed by atoms with Crippen molar-refractivity contribution in [1.82, 2.24) is 15.2 Å². The lowest BCUT2D eigenvalue weighted by Gasteiger charge is -2.30. The standard InChI is InChI=1S/C9H12N4O3/c14-7-4-10-12-9(11-7)13-3-1-2-6(5-13)8(15)16/h4,6H,1-3,5H2,(H,15,16)(H,11,12,14). The maximum atomic E-state index is 11.0. The Bertz CT molecular complexity index is 444. The molecule has 0 saturated carbocycles. The summed E-state index contributed by atoms with van der Waals surface area (Å²) < 4.78 is 0. The zero-order chi connectivity index (χ0) is 11.5. The molecule has 1 saturated heterocycles. The first-order valence-corrected chi connectivity index (χ1v) is 5.06. The number of rotatable bonds is 2. The molecule has 2 heterocycles. The van der Waals surface area contributed by atoms with Gasteiger partial charge in [-0.1, -0.05) is 0 Å². The number of hydrogen-bond acceptors (Lipinski definition) is 5. The number of aromatic amines is 1. The van der Waals surface area contributed by atoms with Gasteiger partial charge in [0.15, 0.2) is 0 Å². The van der Waals surface area contributed by atoms with E-state index in [2.05, 4.69) is 15.2 Å². The Kier molecular flexibility index (Phi) is 2.84. The van der Waals surface area contributed by atoms with Crippen molar-refractivity contribution < 1.29 is 9.90 Å². The van der Waals surface area contributed by atoms with Crippen LogP contribution in [0.2, 0.25) is 0 Å². The zero-order valence-electron chi connectivity index (χ0n) is 8.59. The molecule has 1 aliphatic heterocycles. The van der Waals surface area contributed by atoms with E-state index in [1.807, 2.05) is 0 Å². The van der Waals surface area contributed by atoms with Crippen molar-refractivity contribution in [2.24, 2.45) is 5.92 Å². The Balaban J connectivity index is 2.15. The van der Waals surface area contributed by atoms with Crippen LogP contribution in [0.4, 0.5) is 5.95 Å². The van der Waals surface area contributed by atoms with E-state index in [9.17, 15) is 9.59 Å². The van der Waals surface area contributed by atoms with Gasteiger partial charge in [-0.25, -0.2) is 0 Å². The third-order valence-corrected chi connectivity index (χ3v) is 2.63. The second kappa shape index (κ2) is 4.30. The fourth-order valence-corrected chi connectivity index (χ4v) is 1.82. The van der Waals surface area contributed by atoms with E-state index >= 15 is 0 Å². The summed E-state index contributed by atoms with van der Waals surface area (Å²) in [4.78, 5) is 26.2. The molecule has 1 fully saturated rings. The SMILES string of the molecule is O=C(O)C1CCCN(c2nncc(=O)[nH]2)C1. The number of aromatic nitrogens is 3. The molecule has 86 valence electrons. The number of carboxylic acids is 1. The van der Waals surface area contributed by atoms with Gasteiger partial charge in [0.25, 0.3) is 5.56 Å². The van der Waals surface area contributed by atoms with Crippen LogP contribution in [0.5, 0.6) is 0 Å². The normalized spacial score (nSPS) is 20.8. The van der Waals surface area contributed by atoms with Crippen LogP contribution in [-0.2, 0) is 4.79 Å². The minimum atomic E-state index is -0.809. The van der Waals surface area contributed by atoms with E-state index in [4.69, 9.17) is 5.11 Å². The molecular formula is C9H12N4O3. The van der Waals surface area contributed by atoms with Crippen molar-refractivity contribution in [2.45, 2.75) is 12.8 Å². The van der Waals surface area contributed by atoms with Gasteiger partial charge >= 0.3 is 5.97 Å². The van der Waals surface area contributed by atoms with Gasteiger partial charge in [0.1, 0.15) is 6.20 Å². The number of H-pyrrole nitrogens is 1. The number of nitrogens with zero attached hydrogens (tertiary/aromatic N) is 3. The Labute approximate surface area is 91.1 Å². The highest BCUT2D eigenvalue weighted by atomic mass is 16.4. The molecule has 1 aliphatic rings. The second-order valence-electron chi connectivity index (χ2n) is 3.78. The molecule has 0 bridgehead atoms. The third kappa shape index (κ3) is 2.18. The minimum Gasteiger partial charge on any atom is -0.481 e. The predicted molar refractivity (Wildman–Crippen MR) is 55.2 cm³/mol. The van der Waals surface area contributed by atoms with E-state index in [1.54, 1.807) is 4.90 Å². The number of nitrogens with one attached hydrogen (secondary N) is 1. The van der Waals surface area contributed by atoms with Crippen LogP contribution < -0.4 is 10.5 Å². The number of carbonyl (C=O) groups is 1. The number of aliphatic carboxylic acids is 1. The van der Waals surface area contributed by atoms with Crippen LogP contribution in [0.3, 0.4) is 0 Å². The van der Waals surface area contributed by atoms with Gasteiger partial charge in [-0.3, -0.25) is 14.6 Å². The summed E-state index contributed by atoms with van der Waals surface area (Å²) in [6.45, 7) is 1.06. The van der Waals surface area contributed by atoms with Crippen molar-refractivity contribution in [3.05, 3.63) is 16.6 Å². The molecule has 2 N–H and O–H groups in total. The number of hydrogen-bond donors (Lipinski definition) is 2. The van der Waals surface area contributed by atoms with E-state index in [0.29, 0.717) is 25.5 Å². The maximum Gasteiger partial charge on any atom is 0.308 e. The maximum absolute atomic E-state index is 11.0. The summed E-state index contributed by atoms with van der Waals surface area (Å²) in [6.07, 6.45) is 2.52. The summed E-state index contributed by atoms with van der Waals surface area (Å²) in [5.74, 6) is -0.867. The molecule has 7 nitrogen and oxygen atoms in total. The fraction of sp³-hybridized carbons (Fsp3) is 0.556. The molecule has 0 amide bonds. The Morgan fingerprint density at radius 2 is 2.44 bits per heavy atom.